The van der Waals surface area contributed by atoms with Crippen LogP contribution in [0.3, 0.4) is 0 Å². The predicted octanol–water partition coefficient (Wildman–Crippen LogP) is 4.88. The van der Waals surface area contributed by atoms with Crippen LogP contribution in [0, 0.1) is 6.92 Å². The lowest BCUT2D eigenvalue weighted by atomic mass is 10.1. The lowest BCUT2D eigenvalue weighted by Gasteiger charge is -2.09. The van der Waals surface area contributed by atoms with Crippen LogP contribution in [-0.2, 0) is 17.6 Å². The first-order valence-corrected chi connectivity index (χ1v) is 9.27. The van der Waals surface area contributed by atoms with Crippen molar-refractivity contribution >= 4 is 29.0 Å². The van der Waals surface area contributed by atoms with Gasteiger partial charge in [-0.25, -0.2) is 4.98 Å². The molecule has 0 atom stereocenters. The van der Waals surface area contributed by atoms with Crippen LogP contribution in [0.1, 0.15) is 16.7 Å². The van der Waals surface area contributed by atoms with E-state index in [-0.39, 0.29) is 5.91 Å². The molecular formula is C22H22ClN3O. The third-order valence-electron chi connectivity index (χ3n) is 4.30. The summed E-state index contributed by atoms with van der Waals surface area (Å²) in [4.78, 5) is 16.5. The number of aryl methyl sites for hydroxylation is 1. The molecule has 3 aromatic rings. The number of nitrogens with zero attached hydrogens (tertiary/aromatic N) is 1. The van der Waals surface area contributed by atoms with Crippen LogP contribution in [0.5, 0.6) is 0 Å². The van der Waals surface area contributed by atoms with Crippen molar-refractivity contribution in [2.75, 3.05) is 17.2 Å². The number of halogens is 1. The summed E-state index contributed by atoms with van der Waals surface area (Å²) < 4.78 is 0. The molecule has 0 aliphatic rings. The van der Waals surface area contributed by atoms with Gasteiger partial charge in [-0.3, -0.25) is 4.79 Å². The zero-order valence-corrected chi connectivity index (χ0v) is 16.0. The summed E-state index contributed by atoms with van der Waals surface area (Å²) >= 11 is 5.89. The van der Waals surface area contributed by atoms with E-state index in [4.69, 9.17) is 11.6 Å². The van der Waals surface area contributed by atoms with E-state index >= 15 is 0 Å². The summed E-state index contributed by atoms with van der Waals surface area (Å²) in [7, 11) is 0. The van der Waals surface area contributed by atoms with E-state index < -0.39 is 0 Å². The highest BCUT2D eigenvalue weighted by molar-refractivity contribution is 6.30. The van der Waals surface area contributed by atoms with Gasteiger partial charge in [0.15, 0.2) is 0 Å². The van der Waals surface area contributed by atoms with Crippen LogP contribution < -0.4 is 10.6 Å². The Morgan fingerprint density at radius 2 is 1.81 bits per heavy atom. The fraction of sp³-hybridized carbons (Fsp3) is 0.182. The molecule has 0 spiro atoms. The summed E-state index contributed by atoms with van der Waals surface area (Å²) in [6.07, 6.45) is 2.97. The first-order valence-electron chi connectivity index (χ1n) is 8.89. The molecule has 138 valence electrons. The molecule has 1 heterocycles. The van der Waals surface area contributed by atoms with Gasteiger partial charge in [-0.15, -0.1) is 0 Å². The fourth-order valence-corrected chi connectivity index (χ4v) is 2.87. The van der Waals surface area contributed by atoms with Crippen molar-refractivity contribution in [3.8, 4) is 0 Å². The molecule has 0 fully saturated rings. The molecule has 2 N–H and O–H groups in total. The Morgan fingerprint density at radius 3 is 2.52 bits per heavy atom. The lowest BCUT2D eigenvalue weighted by molar-refractivity contribution is -0.115. The standard InChI is InChI=1S/C22H22ClN3O/c1-16-4-2-3-5-18(16)14-22(27)26-21-11-10-20(15-25-21)24-13-12-17-6-8-19(23)9-7-17/h2-11,15,24H,12-14H2,1H3,(H,25,26,27). The van der Waals surface area contributed by atoms with Gasteiger partial charge in [0.2, 0.25) is 5.91 Å². The highest BCUT2D eigenvalue weighted by Gasteiger charge is 2.07. The van der Waals surface area contributed by atoms with Gasteiger partial charge in [-0.05, 0) is 54.3 Å². The van der Waals surface area contributed by atoms with E-state index in [1.54, 1.807) is 12.3 Å². The van der Waals surface area contributed by atoms with E-state index in [1.165, 1.54) is 5.56 Å². The van der Waals surface area contributed by atoms with Crippen LogP contribution in [0.15, 0.2) is 66.9 Å². The summed E-state index contributed by atoms with van der Waals surface area (Å²) in [5.41, 5.74) is 4.28. The van der Waals surface area contributed by atoms with Crippen LogP contribution in [0.25, 0.3) is 0 Å². The Hall–Kier alpha value is -2.85. The van der Waals surface area contributed by atoms with Gasteiger partial charge in [0.25, 0.3) is 0 Å². The average molecular weight is 380 g/mol. The molecule has 4 nitrogen and oxygen atoms in total. The molecule has 0 bridgehead atoms. The van der Waals surface area contributed by atoms with E-state index in [1.807, 2.05) is 61.5 Å². The molecule has 0 radical (unpaired) electrons. The smallest absolute Gasteiger partial charge is 0.229 e. The molecule has 5 heteroatoms. The SMILES string of the molecule is Cc1ccccc1CC(=O)Nc1ccc(NCCc2ccc(Cl)cc2)cn1. The van der Waals surface area contributed by atoms with Gasteiger partial charge < -0.3 is 10.6 Å². The highest BCUT2D eigenvalue weighted by Crippen LogP contribution is 2.13. The molecule has 0 aliphatic carbocycles. The molecule has 0 saturated carbocycles. The molecule has 1 amide bonds. The van der Waals surface area contributed by atoms with Crippen molar-refractivity contribution in [1.29, 1.82) is 0 Å². The van der Waals surface area contributed by atoms with Crippen molar-refractivity contribution < 1.29 is 4.79 Å². The van der Waals surface area contributed by atoms with Crippen LogP contribution in [0.2, 0.25) is 5.02 Å². The van der Waals surface area contributed by atoms with Crippen LogP contribution >= 0.6 is 11.6 Å². The number of nitrogens with one attached hydrogen (secondary N) is 2. The first kappa shape index (κ1) is 18.9. The van der Waals surface area contributed by atoms with Gasteiger partial charge in [-0.1, -0.05) is 48.0 Å². The minimum absolute atomic E-state index is 0.0692. The number of aromatic nitrogens is 1. The molecule has 0 unspecified atom stereocenters. The first-order chi connectivity index (χ1) is 13.1. The van der Waals surface area contributed by atoms with Gasteiger partial charge >= 0.3 is 0 Å². The number of carbonyl (C=O) groups excluding carboxylic acids is 1. The van der Waals surface area contributed by atoms with Gasteiger partial charge in [-0.2, -0.15) is 0 Å². The monoisotopic (exact) mass is 379 g/mol. The number of benzene rings is 2. The van der Waals surface area contributed by atoms with Crippen molar-refractivity contribution in [3.63, 3.8) is 0 Å². The van der Waals surface area contributed by atoms with E-state index in [2.05, 4.69) is 15.6 Å². The summed E-state index contributed by atoms with van der Waals surface area (Å²) in [6.45, 7) is 2.80. The average Bonchev–Trinajstić information content (AvgIpc) is 2.67. The highest BCUT2D eigenvalue weighted by atomic mass is 35.5. The molecule has 0 aliphatic heterocycles. The van der Waals surface area contributed by atoms with Crippen molar-refractivity contribution in [3.05, 3.63) is 88.6 Å². The largest absolute Gasteiger partial charge is 0.383 e. The number of pyridine rings is 1. The number of carbonyl (C=O) groups is 1. The second kappa shape index (κ2) is 9.19. The predicted molar refractivity (Wildman–Crippen MR) is 111 cm³/mol. The molecule has 3 rings (SSSR count). The number of hydrogen-bond donors (Lipinski definition) is 2. The maximum absolute atomic E-state index is 12.2. The molecular weight excluding hydrogens is 358 g/mol. The zero-order valence-electron chi connectivity index (χ0n) is 15.2. The lowest BCUT2D eigenvalue weighted by Crippen LogP contribution is -2.16. The van der Waals surface area contributed by atoms with Crippen LogP contribution in [0.4, 0.5) is 11.5 Å². The van der Waals surface area contributed by atoms with E-state index in [0.717, 1.165) is 34.8 Å². The van der Waals surface area contributed by atoms with Crippen molar-refractivity contribution in [1.82, 2.24) is 4.98 Å². The van der Waals surface area contributed by atoms with Crippen LogP contribution in [-0.4, -0.2) is 17.4 Å². The number of hydrogen-bond acceptors (Lipinski definition) is 3. The number of amides is 1. The fourth-order valence-electron chi connectivity index (χ4n) is 2.74. The minimum Gasteiger partial charge on any atom is -0.383 e. The second-order valence-corrected chi connectivity index (χ2v) is 6.82. The second-order valence-electron chi connectivity index (χ2n) is 6.39. The molecule has 1 aromatic heterocycles. The van der Waals surface area contributed by atoms with Gasteiger partial charge in [0, 0.05) is 11.6 Å². The molecule has 0 saturated heterocycles. The van der Waals surface area contributed by atoms with Gasteiger partial charge in [0.05, 0.1) is 18.3 Å². The quantitative estimate of drug-likeness (QED) is 0.615. The zero-order chi connectivity index (χ0) is 19.1. The molecule has 27 heavy (non-hydrogen) atoms. The topological polar surface area (TPSA) is 54.0 Å². The Morgan fingerprint density at radius 1 is 1.04 bits per heavy atom. The third kappa shape index (κ3) is 5.83. The minimum atomic E-state index is -0.0692. The summed E-state index contributed by atoms with van der Waals surface area (Å²) in [6, 6.07) is 19.4. The maximum Gasteiger partial charge on any atom is 0.229 e. The van der Waals surface area contributed by atoms with E-state index in [0.29, 0.717) is 12.2 Å². The maximum atomic E-state index is 12.2. The summed E-state index contributed by atoms with van der Waals surface area (Å²) in [5, 5.41) is 6.92. The van der Waals surface area contributed by atoms with Crippen molar-refractivity contribution in [2.24, 2.45) is 0 Å². The van der Waals surface area contributed by atoms with Crippen molar-refractivity contribution in [2.45, 2.75) is 19.8 Å². The van der Waals surface area contributed by atoms with Gasteiger partial charge in [0.1, 0.15) is 5.82 Å². The third-order valence-corrected chi connectivity index (χ3v) is 4.55. The number of anilines is 2. The Labute approximate surface area is 164 Å². The summed E-state index contributed by atoms with van der Waals surface area (Å²) in [5.74, 6) is 0.483. The Bertz CT molecular complexity index is 892. The normalized spacial score (nSPS) is 10.4. The van der Waals surface area contributed by atoms with E-state index in [9.17, 15) is 4.79 Å². The number of rotatable bonds is 7. The molecule has 2 aromatic carbocycles. The Kier molecular flexibility index (Phi) is 6.44. The Balaban J connectivity index is 1.47.